The van der Waals surface area contributed by atoms with Crippen molar-refractivity contribution < 1.29 is 9.00 Å². The van der Waals surface area contributed by atoms with Crippen LogP contribution in [0.25, 0.3) is 5.70 Å². The molecule has 1 aromatic heterocycles. The molecule has 0 aliphatic heterocycles. The van der Waals surface area contributed by atoms with Gasteiger partial charge in [-0.15, -0.1) is 0 Å². The highest BCUT2D eigenvalue weighted by Gasteiger charge is 2.40. The van der Waals surface area contributed by atoms with Crippen LogP contribution in [-0.2, 0) is 14.3 Å². The molecular weight excluding hydrogens is 368 g/mol. The Balaban J connectivity index is 3.81. The van der Waals surface area contributed by atoms with Gasteiger partial charge in [0.2, 0.25) is 0 Å². The van der Waals surface area contributed by atoms with Crippen LogP contribution in [-0.4, -0.2) is 37.1 Å². The summed E-state index contributed by atoms with van der Waals surface area (Å²) in [7, 11) is -2.51. The summed E-state index contributed by atoms with van der Waals surface area (Å²) >= 11 is 0. The summed E-state index contributed by atoms with van der Waals surface area (Å²) in [5.41, 5.74) is 0.0393. The molecule has 0 fully saturated rings. The van der Waals surface area contributed by atoms with Gasteiger partial charge in [-0.05, 0) is 40.3 Å². The normalized spacial score (nSPS) is 13.6. The molecule has 0 saturated heterocycles. The van der Waals surface area contributed by atoms with Crippen molar-refractivity contribution in [3.8, 4) is 0 Å². The van der Waals surface area contributed by atoms with Gasteiger partial charge in [-0.2, -0.15) is 5.10 Å². The molecule has 0 bridgehead atoms. The number of rotatable bonds is 10. The summed E-state index contributed by atoms with van der Waals surface area (Å²) in [5.74, 6) is 0.0547. The van der Waals surface area contributed by atoms with E-state index < -0.39 is 14.9 Å². The second-order valence-corrected chi connectivity index (χ2v) is 12.1. The lowest BCUT2D eigenvalue weighted by atomic mass is 9.71. The number of aromatic nitrogens is 2. The SMILES string of the molecule is CCCC(CCC)(CCC)C(=O)C(/C(=C\C(C)(C)C)n1cccn1)=S(C)(C)=O. The molecule has 5 heteroatoms. The molecule has 0 radical (unpaired) electrons. The van der Waals surface area contributed by atoms with Crippen molar-refractivity contribution in [1.82, 2.24) is 9.78 Å². The van der Waals surface area contributed by atoms with Gasteiger partial charge in [0, 0.05) is 30.3 Å². The quantitative estimate of drug-likeness (QED) is 0.382. The fourth-order valence-corrected chi connectivity index (χ4v) is 5.36. The molecule has 0 unspecified atom stereocenters. The lowest BCUT2D eigenvalue weighted by Gasteiger charge is -2.34. The molecule has 160 valence electrons. The first-order chi connectivity index (χ1) is 12.9. The number of Topliss-reactive ketones (excluding diaryl/α,β-unsaturated/α-hetero) is 1. The molecule has 0 aromatic carbocycles. The zero-order valence-electron chi connectivity index (χ0n) is 19.2. The third kappa shape index (κ3) is 6.33. The Morgan fingerprint density at radius 3 is 1.86 bits per heavy atom. The Hall–Kier alpha value is -1.36. The van der Waals surface area contributed by atoms with Crippen molar-refractivity contribution >= 4 is 25.9 Å². The van der Waals surface area contributed by atoms with Crippen molar-refractivity contribution in [3.63, 3.8) is 0 Å². The van der Waals surface area contributed by atoms with Crippen LogP contribution < -0.4 is 0 Å². The number of nitrogens with zero attached hydrogens (tertiary/aromatic N) is 2. The minimum Gasteiger partial charge on any atom is -0.293 e. The maximum Gasteiger partial charge on any atom is 0.179 e. The molecule has 0 aliphatic rings. The van der Waals surface area contributed by atoms with E-state index in [1.807, 2.05) is 18.3 Å². The Labute approximate surface area is 172 Å². The molecule has 28 heavy (non-hydrogen) atoms. The van der Waals surface area contributed by atoms with Crippen molar-refractivity contribution in [3.05, 3.63) is 24.5 Å². The summed E-state index contributed by atoms with van der Waals surface area (Å²) in [6.45, 7) is 12.6. The summed E-state index contributed by atoms with van der Waals surface area (Å²) in [5, 5.41) is 4.39. The van der Waals surface area contributed by atoms with E-state index in [1.165, 1.54) is 0 Å². The number of hydrogen-bond acceptors (Lipinski definition) is 3. The Morgan fingerprint density at radius 2 is 1.54 bits per heavy atom. The van der Waals surface area contributed by atoms with E-state index in [0.717, 1.165) is 38.5 Å². The molecule has 0 atom stereocenters. The molecule has 1 heterocycles. The molecule has 0 aliphatic carbocycles. The van der Waals surface area contributed by atoms with Crippen LogP contribution in [0.3, 0.4) is 0 Å². The molecule has 4 nitrogen and oxygen atoms in total. The molecule has 0 amide bonds. The molecule has 0 saturated carbocycles. The van der Waals surface area contributed by atoms with Gasteiger partial charge in [0.1, 0.15) is 0 Å². The van der Waals surface area contributed by atoms with Crippen LogP contribution in [0.4, 0.5) is 0 Å². The maximum atomic E-state index is 14.1. The van der Waals surface area contributed by atoms with Crippen LogP contribution in [0.15, 0.2) is 24.5 Å². The summed E-state index contributed by atoms with van der Waals surface area (Å²) in [6, 6.07) is 1.84. The van der Waals surface area contributed by atoms with Crippen molar-refractivity contribution in [2.45, 2.75) is 80.1 Å². The molecule has 1 aromatic rings. The third-order valence-corrected chi connectivity index (χ3v) is 6.30. The highest BCUT2D eigenvalue weighted by Crippen LogP contribution is 2.38. The Morgan fingerprint density at radius 1 is 1.04 bits per heavy atom. The zero-order valence-corrected chi connectivity index (χ0v) is 20.0. The summed E-state index contributed by atoms with van der Waals surface area (Å²) < 4.78 is 15.2. The fourth-order valence-electron chi connectivity index (χ4n) is 4.04. The fraction of sp³-hybridized carbons (Fsp3) is 0.696. The van der Waals surface area contributed by atoms with E-state index in [1.54, 1.807) is 23.4 Å². The van der Waals surface area contributed by atoms with Crippen LogP contribution in [0, 0.1) is 10.8 Å². The number of ketones is 1. The van der Waals surface area contributed by atoms with Gasteiger partial charge in [0.25, 0.3) is 0 Å². The summed E-state index contributed by atoms with van der Waals surface area (Å²) in [6.07, 6.45) is 14.2. The number of hydrogen-bond donors (Lipinski definition) is 0. The van der Waals surface area contributed by atoms with E-state index >= 15 is 0 Å². The van der Waals surface area contributed by atoms with Gasteiger partial charge >= 0.3 is 0 Å². The van der Waals surface area contributed by atoms with E-state index in [4.69, 9.17) is 0 Å². The second kappa shape index (κ2) is 9.91. The van der Waals surface area contributed by atoms with Gasteiger partial charge in [-0.1, -0.05) is 66.9 Å². The monoisotopic (exact) mass is 408 g/mol. The Bertz CT molecular complexity index is 764. The largest absolute Gasteiger partial charge is 0.293 e. The third-order valence-electron chi connectivity index (χ3n) is 4.92. The second-order valence-electron chi connectivity index (χ2n) is 9.27. The number of carbonyl (C=O) groups excluding carboxylic acids is 1. The highest BCUT2D eigenvalue weighted by molar-refractivity contribution is 8.03. The van der Waals surface area contributed by atoms with Crippen LogP contribution >= 0.6 is 0 Å². The van der Waals surface area contributed by atoms with Crippen LogP contribution in [0.2, 0.25) is 0 Å². The zero-order chi connectivity index (χ0) is 21.6. The number of allylic oxidation sites excluding steroid dienone is 2. The number of carbonyl (C=O) groups is 1. The smallest absolute Gasteiger partial charge is 0.179 e. The topological polar surface area (TPSA) is 52.0 Å². The van der Waals surface area contributed by atoms with Gasteiger partial charge in [-0.25, -0.2) is 4.68 Å². The van der Waals surface area contributed by atoms with E-state index in [0.29, 0.717) is 10.6 Å². The maximum absolute atomic E-state index is 14.1. The Kier molecular flexibility index (Phi) is 8.73. The average Bonchev–Trinajstić information content (AvgIpc) is 3.06. The van der Waals surface area contributed by atoms with Crippen LogP contribution in [0.1, 0.15) is 80.1 Å². The summed E-state index contributed by atoms with van der Waals surface area (Å²) in [4.78, 5) is 14.6. The van der Waals surface area contributed by atoms with Gasteiger partial charge in [-0.3, -0.25) is 9.00 Å². The first kappa shape index (κ1) is 24.7. The standard InChI is InChI=1S/C23H40N2O2S/c1-9-13-23(14-10-2,15-11-3)21(26)20(28(7,8)27)19(18-22(4,5)6)25-17-12-16-24-25/h12,16-18H,9-11,13-15H2,1-8H3/b19-18+. The molecular formula is C23H40N2O2S. The lowest BCUT2D eigenvalue weighted by Crippen LogP contribution is -2.41. The average molecular weight is 409 g/mol. The molecule has 0 N–H and O–H groups in total. The van der Waals surface area contributed by atoms with E-state index in [-0.39, 0.29) is 11.2 Å². The van der Waals surface area contributed by atoms with Crippen LogP contribution in [0.5, 0.6) is 0 Å². The lowest BCUT2D eigenvalue weighted by molar-refractivity contribution is -0.123. The van der Waals surface area contributed by atoms with Crippen molar-refractivity contribution in [2.24, 2.45) is 10.8 Å². The predicted molar refractivity (Wildman–Crippen MR) is 123 cm³/mol. The predicted octanol–water partition coefficient (Wildman–Crippen LogP) is 5.44. The van der Waals surface area contributed by atoms with Gasteiger partial charge in [0.15, 0.2) is 5.78 Å². The minimum atomic E-state index is -2.51. The van der Waals surface area contributed by atoms with Gasteiger partial charge < -0.3 is 0 Å². The van der Waals surface area contributed by atoms with Crippen molar-refractivity contribution in [1.29, 1.82) is 0 Å². The molecule has 1 rings (SSSR count). The first-order valence-electron chi connectivity index (χ1n) is 10.5. The highest BCUT2D eigenvalue weighted by atomic mass is 32.2. The first-order valence-corrected chi connectivity index (χ1v) is 12.9. The van der Waals surface area contributed by atoms with Crippen molar-refractivity contribution in [2.75, 3.05) is 12.5 Å². The van der Waals surface area contributed by atoms with E-state index in [9.17, 15) is 9.00 Å². The van der Waals surface area contributed by atoms with Gasteiger partial charge in [0.05, 0.1) is 10.6 Å². The molecule has 0 spiro atoms. The van der Waals surface area contributed by atoms with E-state index in [2.05, 4.69) is 46.6 Å². The minimum absolute atomic E-state index is 0.0547.